The van der Waals surface area contributed by atoms with Crippen LogP contribution in [0.3, 0.4) is 0 Å². The van der Waals surface area contributed by atoms with E-state index in [2.05, 4.69) is 46.4 Å². The fourth-order valence-corrected chi connectivity index (χ4v) is 4.15. The van der Waals surface area contributed by atoms with E-state index >= 15 is 0 Å². The van der Waals surface area contributed by atoms with E-state index in [0.717, 1.165) is 38.1 Å². The van der Waals surface area contributed by atoms with E-state index in [0.29, 0.717) is 5.41 Å². The Morgan fingerprint density at radius 1 is 1.33 bits per heavy atom. The van der Waals surface area contributed by atoms with E-state index in [1.807, 2.05) is 7.05 Å². The molecule has 4 heteroatoms. The van der Waals surface area contributed by atoms with Crippen molar-refractivity contribution in [2.45, 2.75) is 38.7 Å². The third kappa shape index (κ3) is 3.16. The first-order valence-corrected chi connectivity index (χ1v) is 9.34. The van der Waals surface area contributed by atoms with Crippen LogP contribution in [0, 0.1) is 18.3 Å². The number of aliphatic imine (C=N–C) groups is 1. The fourth-order valence-electron chi connectivity index (χ4n) is 4.15. The van der Waals surface area contributed by atoms with Crippen molar-refractivity contribution in [1.82, 2.24) is 10.2 Å². The Labute approximate surface area is 145 Å². The molecule has 1 aromatic rings. The summed E-state index contributed by atoms with van der Waals surface area (Å²) in [7, 11) is 1.90. The van der Waals surface area contributed by atoms with Crippen molar-refractivity contribution in [3.8, 4) is 0 Å². The van der Waals surface area contributed by atoms with Gasteiger partial charge in [0, 0.05) is 20.1 Å². The summed E-state index contributed by atoms with van der Waals surface area (Å²) in [6.45, 7) is 5.81. The molecule has 3 aliphatic rings. The molecule has 0 aromatic heterocycles. The van der Waals surface area contributed by atoms with Gasteiger partial charge >= 0.3 is 0 Å². The quantitative estimate of drug-likeness (QED) is 0.682. The van der Waals surface area contributed by atoms with E-state index in [9.17, 15) is 0 Å². The number of guanidine groups is 1. The van der Waals surface area contributed by atoms with Crippen molar-refractivity contribution in [3.05, 3.63) is 35.4 Å². The van der Waals surface area contributed by atoms with Crippen molar-refractivity contribution in [3.63, 3.8) is 0 Å². The van der Waals surface area contributed by atoms with Crippen LogP contribution >= 0.6 is 0 Å². The minimum atomic E-state index is 0.136. The molecule has 1 aliphatic heterocycles. The van der Waals surface area contributed by atoms with Crippen LogP contribution in [0.5, 0.6) is 0 Å². The predicted octanol–water partition coefficient (Wildman–Crippen LogP) is 3.13. The maximum atomic E-state index is 6.05. The van der Waals surface area contributed by atoms with E-state index in [1.54, 1.807) is 0 Å². The lowest BCUT2D eigenvalue weighted by atomic mass is 10.0. The van der Waals surface area contributed by atoms with Crippen LogP contribution in [0.4, 0.5) is 0 Å². The van der Waals surface area contributed by atoms with Crippen molar-refractivity contribution in [2.75, 3.05) is 33.3 Å². The molecule has 0 spiro atoms. The molecule has 0 amide bonds. The summed E-state index contributed by atoms with van der Waals surface area (Å²) in [6, 6.07) is 8.54. The highest BCUT2D eigenvalue weighted by molar-refractivity contribution is 5.80. The van der Waals surface area contributed by atoms with Crippen LogP contribution in [0.2, 0.25) is 0 Å². The van der Waals surface area contributed by atoms with Crippen molar-refractivity contribution in [2.24, 2.45) is 16.3 Å². The summed E-state index contributed by atoms with van der Waals surface area (Å²) in [6.07, 6.45) is 5.81. The van der Waals surface area contributed by atoms with Gasteiger partial charge < -0.3 is 15.0 Å². The SMILES string of the molecule is CN=C(NCC1(C2CC2)CC1)N1CCOC(c2ccccc2C)C1. The highest BCUT2D eigenvalue weighted by Gasteiger charge is 2.53. The van der Waals surface area contributed by atoms with Crippen LogP contribution in [0.15, 0.2) is 29.3 Å². The van der Waals surface area contributed by atoms with Gasteiger partial charge in [0.15, 0.2) is 5.96 Å². The number of hydrogen-bond donors (Lipinski definition) is 1. The monoisotopic (exact) mass is 327 g/mol. The Kier molecular flexibility index (Phi) is 4.25. The van der Waals surface area contributed by atoms with Crippen LogP contribution in [-0.4, -0.2) is 44.1 Å². The van der Waals surface area contributed by atoms with Crippen molar-refractivity contribution < 1.29 is 4.74 Å². The number of benzene rings is 1. The van der Waals surface area contributed by atoms with Gasteiger partial charge in [0.05, 0.1) is 13.2 Å². The summed E-state index contributed by atoms with van der Waals surface area (Å²) >= 11 is 0. The Morgan fingerprint density at radius 2 is 2.12 bits per heavy atom. The molecule has 1 atom stereocenters. The molecule has 2 saturated carbocycles. The normalized spacial score (nSPS) is 26.3. The molecule has 2 aliphatic carbocycles. The molecule has 0 bridgehead atoms. The summed E-state index contributed by atoms with van der Waals surface area (Å²) in [5.41, 5.74) is 3.20. The van der Waals surface area contributed by atoms with Gasteiger partial charge in [-0.05, 0) is 55.1 Å². The highest BCUT2D eigenvalue weighted by Crippen LogP contribution is 2.60. The van der Waals surface area contributed by atoms with E-state index in [1.165, 1.54) is 36.8 Å². The van der Waals surface area contributed by atoms with Gasteiger partial charge in [-0.25, -0.2) is 0 Å². The minimum Gasteiger partial charge on any atom is -0.370 e. The Balaban J connectivity index is 1.40. The smallest absolute Gasteiger partial charge is 0.193 e. The number of hydrogen-bond acceptors (Lipinski definition) is 2. The topological polar surface area (TPSA) is 36.9 Å². The van der Waals surface area contributed by atoms with Crippen LogP contribution in [0.25, 0.3) is 0 Å². The van der Waals surface area contributed by atoms with Crippen LogP contribution < -0.4 is 5.32 Å². The van der Waals surface area contributed by atoms with Gasteiger partial charge in [-0.2, -0.15) is 0 Å². The molecule has 130 valence electrons. The van der Waals surface area contributed by atoms with Gasteiger partial charge in [-0.1, -0.05) is 24.3 Å². The zero-order valence-electron chi connectivity index (χ0n) is 14.9. The molecule has 0 radical (unpaired) electrons. The number of rotatable bonds is 4. The molecule has 4 rings (SSSR count). The van der Waals surface area contributed by atoms with Gasteiger partial charge in [0.1, 0.15) is 6.10 Å². The van der Waals surface area contributed by atoms with E-state index in [4.69, 9.17) is 4.74 Å². The van der Waals surface area contributed by atoms with Gasteiger partial charge in [0.25, 0.3) is 0 Å². The molecule has 1 unspecified atom stereocenters. The summed E-state index contributed by atoms with van der Waals surface area (Å²) in [5, 5.41) is 3.67. The number of nitrogens with zero attached hydrogens (tertiary/aromatic N) is 2. The largest absolute Gasteiger partial charge is 0.370 e. The molecule has 24 heavy (non-hydrogen) atoms. The molecular formula is C20H29N3O. The van der Waals surface area contributed by atoms with Gasteiger partial charge in [-0.3, -0.25) is 4.99 Å². The molecule has 1 aromatic carbocycles. The zero-order chi connectivity index (χ0) is 16.6. The maximum Gasteiger partial charge on any atom is 0.193 e. The summed E-state index contributed by atoms with van der Waals surface area (Å²) in [5.74, 6) is 2.02. The van der Waals surface area contributed by atoms with E-state index in [-0.39, 0.29) is 6.10 Å². The highest BCUT2D eigenvalue weighted by atomic mass is 16.5. The molecule has 3 fully saturated rings. The lowest BCUT2D eigenvalue weighted by molar-refractivity contribution is -0.00840. The molecular weight excluding hydrogens is 298 g/mol. The van der Waals surface area contributed by atoms with Crippen molar-refractivity contribution in [1.29, 1.82) is 0 Å². The lowest BCUT2D eigenvalue weighted by Gasteiger charge is -2.36. The average Bonchev–Trinajstić information content (AvgIpc) is 3.49. The summed E-state index contributed by atoms with van der Waals surface area (Å²) in [4.78, 5) is 6.91. The fraction of sp³-hybridized carbons (Fsp3) is 0.650. The maximum absolute atomic E-state index is 6.05. The first-order chi connectivity index (χ1) is 11.7. The second kappa shape index (κ2) is 6.40. The molecule has 1 heterocycles. The third-order valence-corrected chi connectivity index (χ3v) is 6.05. The molecule has 4 nitrogen and oxygen atoms in total. The van der Waals surface area contributed by atoms with E-state index < -0.39 is 0 Å². The first-order valence-electron chi connectivity index (χ1n) is 9.34. The standard InChI is InChI=1S/C20H29N3O/c1-15-5-3-4-6-17(15)18-13-23(11-12-24-18)19(21-2)22-14-20(9-10-20)16-7-8-16/h3-6,16,18H,7-14H2,1-2H3,(H,21,22). The Hall–Kier alpha value is -1.55. The minimum absolute atomic E-state index is 0.136. The number of nitrogens with one attached hydrogen (secondary N) is 1. The molecule has 1 N–H and O–H groups in total. The van der Waals surface area contributed by atoms with Gasteiger partial charge in [0.2, 0.25) is 0 Å². The number of aryl methyl sites for hydroxylation is 1. The third-order valence-electron chi connectivity index (χ3n) is 6.05. The second-order valence-electron chi connectivity index (χ2n) is 7.70. The predicted molar refractivity (Wildman–Crippen MR) is 97.2 cm³/mol. The average molecular weight is 327 g/mol. The Morgan fingerprint density at radius 3 is 2.79 bits per heavy atom. The lowest BCUT2D eigenvalue weighted by Crippen LogP contribution is -2.49. The van der Waals surface area contributed by atoms with Crippen LogP contribution in [0.1, 0.15) is 42.9 Å². The molecule has 1 saturated heterocycles. The number of morpholine rings is 1. The second-order valence-corrected chi connectivity index (χ2v) is 7.70. The Bertz CT molecular complexity index is 619. The van der Waals surface area contributed by atoms with Crippen LogP contribution in [-0.2, 0) is 4.74 Å². The van der Waals surface area contributed by atoms with Gasteiger partial charge in [-0.15, -0.1) is 0 Å². The summed E-state index contributed by atoms with van der Waals surface area (Å²) < 4.78 is 6.05. The first kappa shape index (κ1) is 15.9. The van der Waals surface area contributed by atoms with Crippen molar-refractivity contribution >= 4 is 5.96 Å². The zero-order valence-corrected chi connectivity index (χ0v) is 14.9. The number of ether oxygens (including phenoxy) is 1.